The summed E-state index contributed by atoms with van der Waals surface area (Å²) < 4.78 is 0. The highest BCUT2D eigenvalue weighted by molar-refractivity contribution is 5.81. The maximum absolute atomic E-state index is 12.2. The molecule has 0 saturated heterocycles. The number of hydrogen-bond donors (Lipinski definition) is 1. The van der Waals surface area contributed by atoms with Gasteiger partial charge in [-0.25, -0.2) is 0 Å². The number of benzene rings is 1. The van der Waals surface area contributed by atoms with Gasteiger partial charge in [0, 0.05) is 12.6 Å². The van der Waals surface area contributed by atoms with Crippen LogP contribution >= 0.6 is 0 Å². The standard InChI is InChI=1S/C16H24N2O/c1-3-10-18(16(19)12(2)17)15-9-8-13-6-4-5-7-14(13)11-15/h4-7,12,15H,3,8-11,17H2,1-2H3/t12-,15+/m1/s1. The predicted molar refractivity (Wildman–Crippen MR) is 77.9 cm³/mol. The molecule has 0 radical (unpaired) electrons. The summed E-state index contributed by atoms with van der Waals surface area (Å²) in [4.78, 5) is 14.2. The Labute approximate surface area is 115 Å². The van der Waals surface area contributed by atoms with Crippen molar-refractivity contribution in [2.45, 2.75) is 51.6 Å². The maximum Gasteiger partial charge on any atom is 0.239 e. The second-order valence-corrected chi connectivity index (χ2v) is 5.49. The molecule has 104 valence electrons. The van der Waals surface area contributed by atoms with Crippen LogP contribution in [0.15, 0.2) is 24.3 Å². The first-order valence-electron chi connectivity index (χ1n) is 7.26. The molecule has 0 saturated carbocycles. The Kier molecular flexibility index (Phi) is 4.59. The molecule has 0 bridgehead atoms. The lowest BCUT2D eigenvalue weighted by molar-refractivity contribution is -0.134. The van der Waals surface area contributed by atoms with E-state index in [9.17, 15) is 4.79 Å². The van der Waals surface area contributed by atoms with E-state index in [-0.39, 0.29) is 5.91 Å². The van der Waals surface area contributed by atoms with Gasteiger partial charge in [0.2, 0.25) is 5.91 Å². The molecule has 1 aromatic rings. The van der Waals surface area contributed by atoms with Gasteiger partial charge in [-0.3, -0.25) is 4.79 Å². The van der Waals surface area contributed by atoms with Crippen LogP contribution in [0.2, 0.25) is 0 Å². The molecule has 19 heavy (non-hydrogen) atoms. The molecule has 0 aromatic heterocycles. The van der Waals surface area contributed by atoms with Crippen LogP contribution in [0.1, 0.15) is 37.8 Å². The molecule has 1 amide bonds. The molecule has 2 atom stereocenters. The molecular formula is C16H24N2O. The van der Waals surface area contributed by atoms with Crippen molar-refractivity contribution >= 4 is 5.91 Å². The van der Waals surface area contributed by atoms with Gasteiger partial charge in [-0.15, -0.1) is 0 Å². The Morgan fingerprint density at radius 3 is 2.74 bits per heavy atom. The van der Waals surface area contributed by atoms with E-state index in [1.807, 2.05) is 4.90 Å². The Bertz CT molecular complexity index is 442. The molecule has 0 spiro atoms. The van der Waals surface area contributed by atoms with Crippen molar-refractivity contribution in [1.29, 1.82) is 0 Å². The summed E-state index contributed by atoms with van der Waals surface area (Å²) in [7, 11) is 0. The van der Waals surface area contributed by atoms with Gasteiger partial charge >= 0.3 is 0 Å². The molecule has 2 rings (SSSR count). The molecular weight excluding hydrogens is 236 g/mol. The molecule has 3 nitrogen and oxygen atoms in total. The van der Waals surface area contributed by atoms with Crippen LogP contribution < -0.4 is 5.73 Å². The first kappa shape index (κ1) is 14.1. The Morgan fingerprint density at radius 2 is 2.11 bits per heavy atom. The monoisotopic (exact) mass is 260 g/mol. The minimum atomic E-state index is -0.399. The number of nitrogens with two attached hydrogens (primary N) is 1. The van der Waals surface area contributed by atoms with Gasteiger partial charge < -0.3 is 10.6 Å². The van der Waals surface area contributed by atoms with Crippen molar-refractivity contribution in [1.82, 2.24) is 4.90 Å². The van der Waals surface area contributed by atoms with E-state index in [0.29, 0.717) is 6.04 Å². The Morgan fingerprint density at radius 1 is 1.42 bits per heavy atom. The lowest BCUT2D eigenvalue weighted by Gasteiger charge is -2.36. The normalized spacial score (nSPS) is 19.6. The van der Waals surface area contributed by atoms with Gasteiger partial charge in [-0.2, -0.15) is 0 Å². The fourth-order valence-corrected chi connectivity index (χ4v) is 2.92. The number of aryl methyl sites for hydroxylation is 1. The van der Waals surface area contributed by atoms with Crippen LogP contribution in [-0.2, 0) is 17.6 Å². The van der Waals surface area contributed by atoms with Crippen molar-refractivity contribution in [2.75, 3.05) is 6.54 Å². The number of carbonyl (C=O) groups is 1. The number of carbonyl (C=O) groups excluding carboxylic acids is 1. The molecule has 1 aliphatic rings. The van der Waals surface area contributed by atoms with Crippen molar-refractivity contribution in [3.8, 4) is 0 Å². The smallest absolute Gasteiger partial charge is 0.239 e. The molecule has 0 unspecified atom stereocenters. The number of amides is 1. The summed E-state index contributed by atoms with van der Waals surface area (Å²) in [5.74, 6) is 0.0891. The molecule has 0 aliphatic heterocycles. The van der Waals surface area contributed by atoms with E-state index in [4.69, 9.17) is 5.73 Å². The highest BCUT2D eigenvalue weighted by Gasteiger charge is 2.28. The molecule has 0 heterocycles. The van der Waals surface area contributed by atoms with E-state index in [2.05, 4.69) is 31.2 Å². The zero-order valence-electron chi connectivity index (χ0n) is 11.9. The summed E-state index contributed by atoms with van der Waals surface area (Å²) in [6.07, 6.45) is 4.06. The van der Waals surface area contributed by atoms with Crippen molar-refractivity contribution in [3.63, 3.8) is 0 Å². The molecule has 3 heteroatoms. The fraction of sp³-hybridized carbons (Fsp3) is 0.562. The summed E-state index contributed by atoms with van der Waals surface area (Å²) in [6, 6.07) is 8.47. The van der Waals surface area contributed by atoms with Gasteiger partial charge in [0.15, 0.2) is 0 Å². The lowest BCUT2D eigenvalue weighted by atomic mass is 9.87. The zero-order chi connectivity index (χ0) is 13.8. The van der Waals surface area contributed by atoms with E-state index in [1.54, 1.807) is 6.92 Å². The number of hydrogen-bond acceptors (Lipinski definition) is 2. The van der Waals surface area contributed by atoms with Crippen LogP contribution in [0.3, 0.4) is 0 Å². The van der Waals surface area contributed by atoms with Crippen LogP contribution in [0.4, 0.5) is 0 Å². The number of fused-ring (bicyclic) bond motifs is 1. The lowest BCUT2D eigenvalue weighted by Crippen LogP contribution is -2.49. The third kappa shape index (κ3) is 3.16. The minimum absolute atomic E-state index is 0.0891. The van der Waals surface area contributed by atoms with Crippen LogP contribution in [0.25, 0.3) is 0 Å². The third-order valence-electron chi connectivity index (χ3n) is 3.90. The van der Waals surface area contributed by atoms with Gasteiger partial charge in [0.05, 0.1) is 6.04 Å². The fourth-order valence-electron chi connectivity index (χ4n) is 2.92. The molecule has 1 aromatic carbocycles. The van der Waals surface area contributed by atoms with E-state index < -0.39 is 6.04 Å². The average molecular weight is 260 g/mol. The first-order chi connectivity index (χ1) is 9.13. The van der Waals surface area contributed by atoms with Crippen molar-refractivity contribution < 1.29 is 4.79 Å². The van der Waals surface area contributed by atoms with Gasteiger partial charge in [-0.05, 0) is 43.7 Å². The number of rotatable bonds is 4. The Balaban J connectivity index is 2.14. The first-order valence-corrected chi connectivity index (χ1v) is 7.26. The summed E-state index contributed by atoms with van der Waals surface area (Å²) in [5.41, 5.74) is 8.60. The summed E-state index contributed by atoms with van der Waals surface area (Å²) in [5, 5.41) is 0. The van der Waals surface area contributed by atoms with Crippen LogP contribution in [0, 0.1) is 0 Å². The average Bonchev–Trinajstić information content (AvgIpc) is 2.43. The topological polar surface area (TPSA) is 46.3 Å². The quantitative estimate of drug-likeness (QED) is 0.901. The predicted octanol–water partition coefficient (Wildman–Crippen LogP) is 2.13. The summed E-state index contributed by atoms with van der Waals surface area (Å²) >= 11 is 0. The molecule has 1 aliphatic carbocycles. The second kappa shape index (κ2) is 6.20. The van der Waals surface area contributed by atoms with Crippen LogP contribution in [0.5, 0.6) is 0 Å². The van der Waals surface area contributed by atoms with Gasteiger partial charge in [0.25, 0.3) is 0 Å². The van der Waals surface area contributed by atoms with Crippen molar-refractivity contribution in [2.24, 2.45) is 5.73 Å². The maximum atomic E-state index is 12.2. The second-order valence-electron chi connectivity index (χ2n) is 5.49. The molecule has 0 fully saturated rings. The highest BCUT2D eigenvalue weighted by atomic mass is 16.2. The Hall–Kier alpha value is -1.35. The molecule has 2 N–H and O–H groups in total. The van der Waals surface area contributed by atoms with Crippen LogP contribution in [-0.4, -0.2) is 29.4 Å². The minimum Gasteiger partial charge on any atom is -0.338 e. The third-order valence-corrected chi connectivity index (χ3v) is 3.90. The summed E-state index contributed by atoms with van der Waals surface area (Å²) in [6.45, 7) is 4.70. The van der Waals surface area contributed by atoms with E-state index in [1.165, 1.54) is 11.1 Å². The van der Waals surface area contributed by atoms with Gasteiger partial charge in [0.1, 0.15) is 0 Å². The van der Waals surface area contributed by atoms with Gasteiger partial charge in [-0.1, -0.05) is 31.2 Å². The van der Waals surface area contributed by atoms with E-state index >= 15 is 0 Å². The van der Waals surface area contributed by atoms with E-state index in [0.717, 1.165) is 32.2 Å². The zero-order valence-corrected chi connectivity index (χ0v) is 11.9. The van der Waals surface area contributed by atoms with Crippen molar-refractivity contribution in [3.05, 3.63) is 35.4 Å². The number of nitrogens with zero attached hydrogens (tertiary/aromatic N) is 1. The highest BCUT2D eigenvalue weighted by Crippen LogP contribution is 2.25. The largest absolute Gasteiger partial charge is 0.338 e. The SMILES string of the molecule is CCCN(C(=O)[C@@H](C)N)[C@H]1CCc2ccccc2C1.